The fraction of sp³-hybridized carbons (Fsp3) is 0.846. The molecule has 0 aliphatic rings. The maximum atomic E-state index is 11.4. The zero-order valence-corrected chi connectivity index (χ0v) is 20.9. The highest BCUT2D eigenvalue weighted by Gasteiger charge is 2.20. The van der Waals surface area contributed by atoms with E-state index in [4.69, 9.17) is 15.3 Å². The molecular formula is C26H47NO7. The third-order valence-corrected chi connectivity index (χ3v) is 6.14. The molecule has 1 atom stereocenters. The van der Waals surface area contributed by atoms with Crippen molar-refractivity contribution >= 4 is 23.8 Å². The van der Waals surface area contributed by atoms with E-state index in [1.807, 2.05) is 0 Å². The number of nitrogens with one attached hydrogen (secondary N) is 1. The monoisotopic (exact) mass is 485 g/mol. The van der Waals surface area contributed by atoms with E-state index in [2.05, 4.69) is 5.32 Å². The maximum Gasteiger partial charge on any atom is 0.307 e. The van der Waals surface area contributed by atoms with Crippen molar-refractivity contribution in [2.75, 3.05) is 6.54 Å². The maximum absolute atomic E-state index is 11.4. The third-order valence-electron chi connectivity index (χ3n) is 6.14. The van der Waals surface area contributed by atoms with E-state index < -0.39 is 23.8 Å². The Morgan fingerprint density at radius 3 is 1.32 bits per heavy atom. The minimum atomic E-state index is -1.04. The first-order chi connectivity index (χ1) is 16.3. The molecule has 34 heavy (non-hydrogen) atoms. The Morgan fingerprint density at radius 2 is 0.941 bits per heavy atom. The molecule has 0 aromatic carbocycles. The first-order valence-electron chi connectivity index (χ1n) is 13.3. The van der Waals surface area contributed by atoms with Crippen LogP contribution in [0.15, 0.2) is 0 Å². The molecule has 0 rings (SSSR count). The molecule has 0 aliphatic carbocycles. The summed E-state index contributed by atoms with van der Waals surface area (Å²) in [5, 5.41) is 29.0. The smallest absolute Gasteiger partial charge is 0.307 e. The second kappa shape index (κ2) is 22.7. The Labute approximate surface area is 204 Å². The summed E-state index contributed by atoms with van der Waals surface area (Å²) in [5.41, 5.74) is 0. The van der Waals surface area contributed by atoms with E-state index in [9.17, 15) is 19.2 Å². The molecule has 0 aliphatic heterocycles. The van der Waals surface area contributed by atoms with Gasteiger partial charge in [-0.3, -0.25) is 19.2 Å². The standard InChI is InChI=1S/C26H47NO7/c28-23(18-19-24(29)30)27-20-16-14-12-10-8-6-4-2-1-3-5-7-9-11-13-15-17-22(26(33)34)21-25(31)32/h22H,1-21H2,(H,27,28)(H,29,30)(H,31,32)(H,33,34). The summed E-state index contributed by atoms with van der Waals surface area (Å²) in [6, 6.07) is 0. The van der Waals surface area contributed by atoms with Crippen LogP contribution in [-0.4, -0.2) is 45.7 Å². The van der Waals surface area contributed by atoms with Crippen molar-refractivity contribution in [3.8, 4) is 0 Å². The highest BCUT2D eigenvalue weighted by Crippen LogP contribution is 2.17. The number of aliphatic carboxylic acids is 3. The van der Waals surface area contributed by atoms with Crippen molar-refractivity contribution in [2.45, 2.75) is 128 Å². The normalized spacial score (nSPS) is 11.8. The van der Waals surface area contributed by atoms with Gasteiger partial charge < -0.3 is 20.6 Å². The van der Waals surface area contributed by atoms with Crippen LogP contribution in [0.3, 0.4) is 0 Å². The summed E-state index contributed by atoms with van der Waals surface area (Å²) < 4.78 is 0. The fourth-order valence-corrected chi connectivity index (χ4v) is 4.05. The Hall–Kier alpha value is -2.12. The molecule has 0 aromatic rings. The molecule has 0 saturated heterocycles. The molecule has 4 N–H and O–H groups in total. The number of unbranched alkanes of at least 4 members (excludes halogenated alkanes) is 15. The molecule has 0 heterocycles. The summed E-state index contributed by atoms with van der Waals surface area (Å²) in [7, 11) is 0. The molecular weight excluding hydrogens is 438 g/mol. The van der Waals surface area contributed by atoms with Crippen molar-refractivity contribution in [1.29, 1.82) is 0 Å². The van der Waals surface area contributed by atoms with Crippen LogP contribution in [0, 0.1) is 5.92 Å². The van der Waals surface area contributed by atoms with Gasteiger partial charge in [-0.1, -0.05) is 96.3 Å². The number of carbonyl (C=O) groups is 4. The van der Waals surface area contributed by atoms with E-state index in [0.717, 1.165) is 32.1 Å². The van der Waals surface area contributed by atoms with Gasteiger partial charge in [-0.25, -0.2) is 0 Å². The van der Waals surface area contributed by atoms with Gasteiger partial charge in [-0.05, 0) is 12.8 Å². The predicted octanol–water partition coefficient (Wildman–Crippen LogP) is 5.77. The van der Waals surface area contributed by atoms with E-state index in [1.165, 1.54) is 70.6 Å². The topological polar surface area (TPSA) is 141 Å². The molecule has 0 spiro atoms. The summed E-state index contributed by atoms with van der Waals surface area (Å²) >= 11 is 0. The van der Waals surface area contributed by atoms with Gasteiger partial charge in [0.2, 0.25) is 5.91 Å². The molecule has 0 aromatic heterocycles. The van der Waals surface area contributed by atoms with Gasteiger partial charge in [-0.15, -0.1) is 0 Å². The number of carboxylic acid groups (broad SMARTS) is 3. The fourth-order valence-electron chi connectivity index (χ4n) is 4.05. The zero-order valence-electron chi connectivity index (χ0n) is 20.9. The molecule has 1 amide bonds. The van der Waals surface area contributed by atoms with Crippen molar-refractivity contribution in [3.63, 3.8) is 0 Å². The van der Waals surface area contributed by atoms with Crippen molar-refractivity contribution in [3.05, 3.63) is 0 Å². The second-order valence-corrected chi connectivity index (χ2v) is 9.32. The van der Waals surface area contributed by atoms with E-state index in [1.54, 1.807) is 0 Å². The van der Waals surface area contributed by atoms with Crippen LogP contribution in [0.2, 0.25) is 0 Å². The Kier molecular flexibility index (Phi) is 21.2. The van der Waals surface area contributed by atoms with Crippen LogP contribution in [-0.2, 0) is 19.2 Å². The Balaban J connectivity index is 3.27. The van der Waals surface area contributed by atoms with Gasteiger partial charge >= 0.3 is 17.9 Å². The predicted molar refractivity (Wildman–Crippen MR) is 132 cm³/mol. The van der Waals surface area contributed by atoms with Crippen LogP contribution in [0.4, 0.5) is 0 Å². The van der Waals surface area contributed by atoms with Crippen LogP contribution >= 0.6 is 0 Å². The van der Waals surface area contributed by atoms with Crippen molar-refractivity contribution in [1.82, 2.24) is 5.32 Å². The van der Waals surface area contributed by atoms with Gasteiger partial charge in [0, 0.05) is 13.0 Å². The highest BCUT2D eigenvalue weighted by molar-refractivity contribution is 5.80. The molecule has 198 valence electrons. The van der Waals surface area contributed by atoms with Gasteiger partial charge in [0.25, 0.3) is 0 Å². The molecule has 8 nitrogen and oxygen atoms in total. The molecule has 0 fully saturated rings. The van der Waals surface area contributed by atoms with Crippen molar-refractivity contribution in [2.24, 2.45) is 5.92 Å². The SMILES string of the molecule is O=C(O)CCC(=O)NCCCCCCCCCCCCCCCCCCC(CC(=O)O)C(=O)O. The van der Waals surface area contributed by atoms with Crippen LogP contribution < -0.4 is 5.32 Å². The van der Waals surface area contributed by atoms with Gasteiger partial charge in [0.05, 0.1) is 18.8 Å². The third kappa shape index (κ3) is 23.1. The number of carbonyl (C=O) groups excluding carboxylic acids is 1. The summed E-state index contributed by atoms with van der Waals surface area (Å²) in [5.74, 6) is -3.92. The van der Waals surface area contributed by atoms with E-state index in [0.29, 0.717) is 13.0 Å². The number of hydrogen-bond acceptors (Lipinski definition) is 4. The van der Waals surface area contributed by atoms with Gasteiger partial charge in [0.1, 0.15) is 0 Å². The molecule has 1 unspecified atom stereocenters. The average Bonchev–Trinajstić information content (AvgIpc) is 2.77. The summed E-state index contributed by atoms with van der Waals surface area (Å²) in [4.78, 5) is 43.5. The average molecular weight is 486 g/mol. The van der Waals surface area contributed by atoms with Crippen LogP contribution in [0.5, 0.6) is 0 Å². The molecule has 0 radical (unpaired) electrons. The lowest BCUT2D eigenvalue weighted by molar-refractivity contribution is -0.148. The molecule has 8 heteroatoms. The first kappa shape index (κ1) is 31.9. The minimum Gasteiger partial charge on any atom is -0.481 e. The Bertz CT molecular complexity index is 565. The van der Waals surface area contributed by atoms with Gasteiger partial charge in [0.15, 0.2) is 0 Å². The lowest BCUT2D eigenvalue weighted by Crippen LogP contribution is -2.24. The molecule has 0 bridgehead atoms. The highest BCUT2D eigenvalue weighted by atomic mass is 16.4. The lowest BCUT2D eigenvalue weighted by atomic mass is 9.97. The molecule has 0 saturated carbocycles. The van der Waals surface area contributed by atoms with Gasteiger partial charge in [-0.2, -0.15) is 0 Å². The minimum absolute atomic E-state index is 0.0590. The number of hydrogen-bond donors (Lipinski definition) is 4. The van der Waals surface area contributed by atoms with E-state index in [-0.39, 0.29) is 25.2 Å². The zero-order chi connectivity index (χ0) is 25.4. The number of carboxylic acids is 3. The van der Waals surface area contributed by atoms with Crippen molar-refractivity contribution < 1.29 is 34.5 Å². The number of amides is 1. The number of rotatable bonds is 25. The lowest BCUT2D eigenvalue weighted by Gasteiger charge is -2.09. The first-order valence-corrected chi connectivity index (χ1v) is 13.3. The largest absolute Gasteiger partial charge is 0.481 e. The van der Waals surface area contributed by atoms with Crippen LogP contribution in [0.1, 0.15) is 128 Å². The second-order valence-electron chi connectivity index (χ2n) is 9.32. The summed E-state index contributed by atoms with van der Waals surface area (Å²) in [6.07, 6.45) is 18.8. The Morgan fingerprint density at radius 1 is 0.529 bits per heavy atom. The quantitative estimate of drug-likeness (QED) is 0.120. The summed E-state index contributed by atoms with van der Waals surface area (Å²) in [6.45, 7) is 0.635. The van der Waals surface area contributed by atoms with Crippen LogP contribution in [0.25, 0.3) is 0 Å². The van der Waals surface area contributed by atoms with E-state index >= 15 is 0 Å².